The quantitative estimate of drug-likeness (QED) is 0.737. The van der Waals surface area contributed by atoms with E-state index >= 15 is 0 Å². The van der Waals surface area contributed by atoms with Gasteiger partial charge in [0.15, 0.2) is 5.01 Å². The average molecular weight is 278 g/mol. The molecule has 0 aliphatic carbocycles. The van der Waals surface area contributed by atoms with Crippen LogP contribution in [0.1, 0.15) is 5.01 Å². The van der Waals surface area contributed by atoms with E-state index in [0.717, 1.165) is 21.7 Å². The van der Waals surface area contributed by atoms with Gasteiger partial charge >= 0.3 is 0 Å². The summed E-state index contributed by atoms with van der Waals surface area (Å²) in [6, 6.07) is 9.71. The van der Waals surface area contributed by atoms with E-state index in [2.05, 4.69) is 15.2 Å². The van der Waals surface area contributed by atoms with E-state index < -0.39 is 0 Å². The first-order valence-corrected chi connectivity index (χ1v) is 6.46. The van der Waals surface area contributed by atoms with Crippen LogP contribution in [-0.2, 0) is 6.61 Å². The lowest BCUT2D eigenvalue weighted by molar-refractivity contribution is 0.305. The van der Waals surface area contributed by atoms with Crippen LogP contribution in [0.4, 0.5) is 0 Å². The molecule has 0 fully saturated rings. The predicted octanol–water partition coefficient (Wildman–Crippen LogP) is 3.32. The monoisotopic (exact) mass is 277 g/mol. The molecule has 0 saturated carbocycles. The molecule has 18 heavy (non-hydrogen) atoms. The molecular weight excluding hydrogens is 270 g/mol. The third-order valence-corrected chi connectivity index (χ3v) is 3.37. The zero-order valence-electron chi connectivity index (χ0n) is 9.21. The Kier molecular flexibility index (Phi) is 3.08. The van der Waals surface area contributed by atoms with E-state index in [-0.39, 0.29) is 0 Å². The maximum atomic E-state index is 5.70. The van der Waals surface area contributed by atoms with Gasteiger partial charge in [-0.1, -0.05) is 17.4 Å². The van der Waals surface area contributed by atoms with Gasteiger partial charge in [0.2, 0.25) is 4.47 Å². The Morgan fingerprint density at radius 2 is 2.17 bits per heavy atom. The minimum atomic E-state index is 0.364. The van der Waals surface area contributed by atoms with Crippen LogP contribution in [-0.4, -0.2) is 15.2 Å². The minimum Gasteiger partial charge on any atom is -0.486 e. The fourth-order valence-corrected chi connectivity index (χ4v) is 2.35. The second-order valence-corrected chi connectivity index (χ2v) is 5.24. The lowest BCUT2D eigenvalue weighted by Gasteiger charge is -2.04. The molecule has 2 aromatic heterocycles. The molecule has 4 nitrogen and oxygen atoms in total. The third kappa shape index (κ3) is 2.42. The van der Waals surface area contributed by atoms with Gasteiger partial charge in [-0.15, -0.1) is 10.2 Å². The van der Waals surface area contributed by atoms with Crippen LogP contribution < -0.4 is 4.74 Å². The van der Waals surface area contributed by atoms with Crippen LogP contribution in [0.3, 0.4) is 0 Å². The summed E-state index contributed by atoms with van der Waals surface area (Å²) in [5.41, 5.74) is 0.908. The SMILES string of the molecule is Clc1nnc(COc2ccc3cccnc3c2)s1. The van der Waals surface area contributed by atoms with Gasteiger partial charge in [-0.25, -0.2) is 0 Å². The van der Waals surface area contributed by atoms with Gasteiger partial charge in [0.25, 0.3) is 0 Å². The van der Waals surface area contributed by atoms with Crippen LogP contribution in [0.5, 0.6) is 5.75 Å². The summed E-state index contributed by atoms with van der Waals surface area (Å²) in [4.78, 5) is 4.27. The van der Waals surface area contributed by atoms with Crippen molar-refractivity contribution in [3.8, 4) is 5.75 Å². The largest absolute Gasteiger partial charge is 0.486 e. The molecule has 90 valence electrons. The molecule has 3 aromatic rings. The molecule has 0 bridgehead atoms. The Morgan fingerprint density at radius 1 is 1.22 bits per heavy atom. The number of halogens is 1. The summed E-state index contributed by atoms with van der Waals surface area (Å²) in [5, 5.41) is 9.45. The number of aromatic nitrogens is 3. The van der Waals surface area contributed by atoms with Crippen molar-refractivity contribution < 1.29 is 4.74 Å². The van der Waals surface area contributed by atoms with Crippen LogP contribution in [0.2, 0.25) is 4.47 Å². The standard InChI is InChI=1S/C12H8ClN3OS/c13-12-16-15-11(18-12)7-17-9-4-3-8-2-1-5-14-10(8)6-9/h1-6H,7H2. The van der Waals surface area contributed by atoms with Crippen molar-refractivity contribution in [2.24, 2.45) is 0 Å². The summed E-state index contributed by atoms with van der Waals surface area (Å²) < 4.78 is 6.05. The zero-order valence-corrected chi connectivity index (χ0v) is 10.8. The van der Waals surface area contributed by atoms with Gasteiger partial charge in [0.1, 0.15) is 12.4 Å². The van der Waals surface area contributed by atoms with Crippen molar-refractivity contribution in [1.82, 2.24) is 15.2 Å². The first-order valence-electron chi connectivity index (χ1n) is 5.27. The molecule has 0 atom stereocenters. The summed E-state index contributed by atoms with van der Waals surface area (Å²) in [6.07, 6.45) is 1.76. The Morgan fingerprint density at radius 3 is 3.00 bits per heavy atom. The van der Waals surface area contributed by atoms with Crippen LogP contribution in [0, 0.1) is 0 Å². The van der Waals surface area contributed by atoms with E-state index in [0.29, 0.717) is 11.1 Å². The van der Waals surface area contributed by atoms with Crippen molar-refractivity contribution in [2.45, 2.75) is 6.61 Å². The van der Waals surface area contributed by atoms with E-state index in [1.165, 1.54) is 11.3 Å². The smallest absolute Gasteiger partial charge is 0.207 e. The molecule has 0 amide bonds. The second-order valence-electron chi connectivity index (χ2n) is 3.60. The number of nitrogens with zero attached hydrogens (tertiary/aromatic N) is 3. The molecule has 0 aliphatic heterocycles. The summed E-state index contributed by atoms with van der Waals surface area (Å²) in [7, 11) is 0. The van der Waals surface area contributed by atoms with Gasteiger partial charge in [0.05, 0.1) is 5.52 Å². The van der Waals surface area contributed by atoms with E-state index in [4.69, 9.17) is 16.3 Å². The fraction of sp³-hybridized carbons (Fsp3) is 0.0833. The van der Waals surface area contributed by atoms with E-state index in [1.807, 2.05) is 30.3 Å². The van der Waals surface area contributed by atoms with Crippen LogP contribution in [0.15, 0.2) is 36.5 Å². The molecule has 1 aromatic carbocycles. The molecule has 0 spiro atoms. The lowest BCUT2D eigenvalue weighted by atomic mass is 10.2. The third-order valence-electron chi connectivity index (χ3n) is 2.38. The molecule has 3 rings (SSSR count). The summed E-state index contributed by atoms with van der Waals surface area (Å²) in [6.45, 7) is 0.364. The number of benzene rings is 1. The van der Waals surface area contributed by atoms with Crippen LogP contribution >= 0.6 is 22.9 Å². The van der Waals surface area contributed by atoms with Gasteiger partial charge in [-0.3, -0.25) is 4.98 Å². The van der Waals surface area contributed by atoms with Gasteiger partial charge in [0, 0.05) is 17.6 Å². The summed E-state index contributed by atoms with van der Waals surface area (Å²) in [5.74, 6) is 0.757. The Labute approximate surface area is 112 Å². The van der Waals surface area contributed by atoms with Gasteiger partial charge in [-0.05, 0) is 29.8 Å². The highest BCUT2D eigenvalue weighted by Gasteiger charge is 2.03. The normalized spacial score (nSPS) is 10.7. The number of pyridine rings is 1. The Balaban J connectivity index is 1.78. The minimum absolute atomic E-state index is 0.364. The van der Waals surface area contributed by atoms with Crippen molar-refractivity contribution >= 4 is 33.8 Å². The van der Waals surface area contributed by atoms with Crippen LogP contribution in [0.25, 0.3) is 10.9 Å². The van der Waals surface area contributed by atoms with Crippen molar-refractivity contribution in [3.05, 3.63) is 46.0 Å². The number of hydrogen-bond acceptors (Lipinski definition) is 5. The number of ether oxygens (including phenoxy) is 1. The number of hydrogen-bond donors (Lipinski definition) is 0. The maximum Gasteiger partial charge on any atom is 0.207 e. The highest BCUT2D eigenvalue weighted by atomic mass is 35.5. The molecule has 2 heterocycles. The molecule has 6 heteroatoms. The zero-order chi connectivity index (χ0) is 12.4. The Bertz CT molecular complexity index is 686. The topological polar surface area (TPSA) is 47.9 Å². The summed E-state index contributed by atoms with van der Waals surface area (Å²) >= 11 is 7.01. The molecule has 0 saturated heterocycles. The highest BCUT2D eigenvalue weighted by molar-refractivity contribution is 7.15. The van der Waals surface area contributed by atoms with Crippen molar-refractivity contribution in [2.75, 3.05) is 0 Å². The predicted molar refractivity (Wildman–Crippen MR) is 71.0 cm³/mol. The molecule has 0 radical (unpaired) electrons. The molecule has 0 N–H and O–H groups in total. The van der Waals surface area contributed by atoms with Crippen molar-refractivity contribution in [3.63, 3.8) is 0 Å². The molecular formula is C12H8ClN3OS. The van der Waals surface area contributed by atoms with Crippen molar-refractivity contribution in [1.29, 1.82) is 0 Å². The highest BCUT2D eigenvalue weighted by Crippen LogP contribution is 2.21. The molecule has 0 aliphatic rings. The van der Waals surface area contributed by atoms with Gasteiger partial charge < -0.3 is 4.74 Å². The first kappa shape index (κ1) is 11.4. The second kappa shape index (κ2) is 4.88. The van der Waals surface area contributed by atoms with E-state index in [9.17, 15) is 0 Å². The average Bonchev–Trinajstić information content (AvgIpc) is 2.82. The number of rotatable bonds is 3. The number of fused-ring (bicyclic) bond motifs is 1. The Hall–Kier alpha value is -1.72. The lowest BCUT2D eigenvalue weighted by Crippen LogP contribution is -1.94. The van der Waals surface area contributed by atoms with Gasteiger partial charge in [-0.2, -0.15) is 0 Å². The fourth-order valence-electron chi connectivity index (χ4n) is 1.57. The first-order chi connectivity index (χ1) is 8.81. The molecule has 0 unspecified atom stereocenters. The van der Waals surface area contributed by atoms with E-state index in [1.54, 1.807) is 6.20 Å². The maximum absolute atomic E-state index is 5.70.